The summed E-state index contributed by atoms with van der Waals surface area (Å²) in [5.41, 5.74) is 6.51. The molecule has 0 amide bonds. The number of H-pyrrole nitrogens is 1. The van der Waals surface area contributed by atoms with Gasteiger partial charge in [-0.05, 0) is 37.2 Å². The fraction of sp³-hybridized carbons (Fsp3) is 0.429. The fourth-order valence-corrected chi connectivity index (χ4v) is 0.925. The molecule has 0 bridgehead atoms. The third-order valence-electron chi connectivity index (χ3n) is 1.40. The van der Waals surface area contributed by atoms with Gasteiger partial charge in [0.05, 0.1) is 0 Å². The Labute approximate surface area is 70.7 Å². The second-order valence-corrected chi connectivity index (χ2v) is 2.71. The summed E-state index contributed by atoms with van der Waals surface area (Å²) in [6.45, 7) is 0.718. The summed E-state index contributed by atoms with van der Waals surface area (Å²) in [5, 5.41) is 0. The molecule has 3 nitrogen and oxygen atoms in total. The number of aryl methyl sites for hydroxylation is 1. The van der Waals surface area contributed by atoms with Crippen molar-refractivity contribution in [3.8, 4) is 0 Å². The molecule has 60 valence electrons. The quantitative estimate of drug-likeness (QED) is 0.664. The molecule has 0 fully saturated rings. The Bertz CT molecular complexity index is 248. The number of aromatic nitrogens is 2. The lowest BCUT2D eigenvalue weighted by molar-refractivity contribution is 0.822. The summed E-state index contributed by atoms with van der Waals surface area (Å²) < 4.78 is 0.529. The molecule has 11 heavy (non-hydrogen) atoms. The molecule has 0 aromatic carbocycles. The number of nitrogens with zero attached hydrogens (tertiary/aromatic N) is 1. The number of aromatic amines is 1. The first-order valence-corrected chi connectivity index (χ1v) is 3.97. The Hall–Kier alpha value is -0.740. The Kier molecular flexibility index (Phi) is 3.19. The van der Waals surface area contributed by atoms with Crippen molar-refractivity contribution in [3.63, 3.8) is 0 Å². The molecule has 1 heterocycles. The van der Waals surface area contributed by atoms with Crippen molar-refractivity contribution < 1.29 is 0 Å². The van der Waals surface area contributed by atoms with E-state index in [0.29, 0.717) is 4.77 Å². The lowest BCUT2D eigenvalue weighted by Gasteiger charge is -1.96. The van der Waals surface area contributed by atoms with Crippen molar-refractivity contribution in [1.82, 2.24) is 9.97 Å². The van der Waals surface area contributed by atoms with Gasteiger partial charge < -0.3 is 10.7 Å². The van der Waals surface area contributed by atoms with Crippen LogP contribution in [0, 0.1) is 4.77 Å². The van der Waals surface area contributed by atoms with Crippen LogP contribution in [0.25, 0.3) is 0 Å². The number of rotatable bonds is 3. The van der Waals surface area contributed by atoms with Crippen LogP contribution in [0.15, 0.2) is 12.4 Å². The molecule has 0 aliphatic heterocycles. The van der Waals surface area contributed by atoms with E-state index in [1.165, 1.54) is 0 Å². The summed E-state index contributed by atoms with van der Waals surface area (Å²) in [5.74, 6) is 0. The standard InChI is InChI=1S/C7H11N3S/c8-3-1-2-6-4-9-7(11)10-5-6/h4-5H,1-3,8H2,(H,9,10,11). The molecule has 0 saturated carbocycles. The number of hydrogen-bond donors (Lipinski definition) is 2. The lowest BCUT2D eigenvalue weighted by atomic mass is 10.2. The molecule has 0 saturated heterocycles. The molecular formula is C7H11N3S. The van der Waals surface area contributed by atoms with Gasteiger partial charge in [0.25, 0.3) is 0 Å². The van der Waals surface area contributed by atoms with E-state index in [9.17, 15) is 0 Å². The fourth-order valence-electron chi connectivity index (χ4n) is 0.813. The minimum Gasteiger partial charge on any atom is -0.337 e. The zero-order chi connectivity index (χ0) is 8.10. The summed E-state index contributed by atoms with van der Waals surface area (Å²) in [6, 6.07) is 0. The molecule has 3 N–H and O–H groups in total. The number of nitrogens with one attached hydrogen (secondary N) is 1. The maximum absolute atomic E-state index is 5.36. The predicted octanol–water partition coefficient (Wildman–Crippen LogP) is 1.03. The van der Waals surface area contributed by atoms with Crippen LogP contribution in [-0.4, -0.2) is 16.5 Å². The highest BCUT2D eigenvalue weighted by Gasteiger charge is 1.90. The summed E-state index contributed by atoms with van der Waals surface area (Å²) in [6.07, 6.45) is 5.63. The second-order valence-electron chi connectivity index (χ2n) is 2.32. The largest absolute Gasteiger partial charge is 0.337 e. The SMILES string of the molecule is NCCCc1cnc(=S)[nH]c1. The van der Waals surface area contributed by atoms with Crippen molar-refractivity contribution in [2.75, 3.05) is 6.54 Å². The second kappa shape index (κ2) is 4.20. The minimum absolute atomic E-state index is 0.529. The zero-order valence-electron chi connectivity index (χ0n) is 6.21. The van der Waals surface area contributed by atoms with Gasteiger partial charge in [-0.3, -0.25) is 0 Å². The Morgan fingerprint density at radius 1 is 1.64 bits per heavy atom. The summed E-state index contributed by atoms with van der Waals surface area (Å²) >= 11 is 4.79. The maximum atomic E-state index is 5.36. The third kappa shape index (κ3) is 2.78. The summed E-state index contributed by atoms with van der Waals surface area (Å²) in [4.78, 5) is 6.82. The van der Waals surface area contributed by atoms with E-state index in [4.69, 9.17) is 18.0 Å². The van der Waals surface area contributed by atoms with Crippen LogP contribution in [-0.2, 0) is 6.42 Å². The molecule has 4 heteroatoms. The van der Waals surface area contributed by atoms with Crippen molar-refractivity contribution in [2.45, 2.75) is 12.8 Å². The summed E-state index contributed by atoms with van der Waals surface area (Å²) in [7, 11) is 0. The van der Waals surface area contributed by atoms with E-state index >= 15 is 0 Å². The average Bonchev–Trinajstić information content (AvgIpc) is 2.04. The zero-order valence-corrected chi connectivity index (χ0v) is 7.03. The predicted molar refractivity (Wildman–Crippen MR) is 46.8 cm³/mol. The highest BCUT2D eigenvalue weighted by Crippen LogP contribution is 1.97. The van der Waals surface area contributed by atoms with Crippen molar-refractivity contribution in [3.05, 3.63) is 22.7 Å². The number of hydrogen-bond acceptors (Lipinski definition) is 3. The number of nitrogens with two attached hydrogens (primary N) is 1. The van der Waals surface area contributed by atoms with E-state index < -0.39 is 0 Å². The Morgan fingerprint density at radius 3 is 3.00 bits per heavy atom. The molecule has 1 aromatic heterocycles. The van der Waals surface area contributed by atoms with Crippen molar-refractivity contribution >= 4 is 12.2 Å². The van der Waals surface area contributed by atoms with Crippen LogP contribution >= 0.6 is 12.2 Å². The normalized spacial score (nSPS) is 9.91. The monoisotopic (exact) mass is 169 g/mol. The lowest BCUT2D eigenvalue weighted by Crippen LogP contribution is -2.00. The third-order valence-corrected chi connectivity index (χ3v) is 1.62. The smallest absolute Gasteiger partial charge is 0.196 e. The van der Waals surface area contributed by atoms with Crippen LogP contribution in [0.4, 0.5) is 0 Å². The van der Waals surface area contributed by atoms with Crippen LogP contribution in [0.5, 0.6) is 0 Å². The first-order chi connectivity index (χ1) is 5.33. The van der Waals surface area contributed by atoms with Gasteiger partial charge in [0.15, 0.2) is 4.77 Å². The van der Waals surface area contributed by atoms with E-state index in [1.54, 1.807) is 6.20 Å². The maximum Gasteiger partial charge on any atom is 0.196 e. The van der Waals surface area contributed by atoms with Crippen LogP contribution in [0.2, 0.25) is 0 Å². The van der Waals surface area contributed by atoms with Gasteiger partial charge in [-0.1, -0.05) is 0 Å². The topological polar surface area (TPSA) is 54.7 Å². The average molecular weight is 169 g/mol. The van der Waals surface area contributed by atoms with Gasteiger partial charge in [-0.15, -0.1) is 0 Å². The molecule has 0 radical (unpaired) electrons. The van der Waals surface area contributed by atoms with E-state index in [0.717, 1.165) is 24.9 Å². The molecule has 1 rings (SSSR count). The first kappa shape index (κ1) is 8.36. The van der Waals surface area contributed by atoms with Gasteiger partial charge in [-0.25, -0.2) is 4.98 Å². The van der Waals surface area contributed by atoms with Gasteiger partial charge in [0.1, 0.15) is 0 Å². The Balaban J connectivity index is 2.59. The molecule has 1 aromatic rings. The Morgan fingerprint density at radius 2 is 2.45 bits per heavy atom. The van der Waals surface area contributed by atoms with Crippen LogP contribution in [0.3, 0.4) is 0 Å². The van der Waals surface area contributed by atoms with Crippen LogP contribution < -0.4 is 5.73 Å². The minimum atomic E-state index is 0.529. The van der Waals surface area contributed by atoms with Gasteiger partial charge in [0.2, 0.25) is 0 Å². The highest BCUT2D eigenvalue weighted by molar-refractivity contribution is 7.71. The molecule has 0 spiro atoms. The molecule has 0 unspecified atom stereocenters. The molecule has 0 aliphatic carbocycles. The van der Waals surface area contributed by atoms with Gasteiger partial charge >= 0.3 is 0 Å². The molecule has 0 atom stereocenters. The molecular weight excluding hydrogens is 158 g/mol. The van der Waals surface area contributed by atoms with Crippen molar-refractivity contribution in [2.24, 2.45) is 5.73 Å². The van der Waals surface area contributed by atoms with Gasteiger partial charge in [-0.2, -0.15) is 0 Å². The van der Waals surface area contributed by atoms with Crippen LogP contribution in [0.1, 0.15) is 12.0 Å². The highest BCUT2D eigenvalue weighted by atomic mass is 32.1. The molecule has 0 aliphatic rings. The van der Waals surface area contributed by atoms with E-state index in [2.05, 4.69) is 9.97 Å². The van der Waals surface area contributed by atoms with E-state index in [-0.39, 0.29) is 0 Å². The van der Waals surface area contributed by atoms with E-state index in [1.807, 2.05) is 6.20 Å². The van der Waals surface area contributed by atoms with Crippen molar-refractivity contribution in [1.29, 1.82) is 0 Å². The van der Waals surface area contributed by atoms with Gasteiger partial charge in [0, 0.05) is 12.4 Å². The first-order valence-electron chi connectivity index (χ1n) is 3.56.